The van der Waals surface area contributed by atoms with Crippen LogP contribution in [-0.4, -0.2) is 34.4 Å². The van der Waals surface area contributed by atoms with Gasteiger partial charge in [0.2, 0.25) is 0 Å². The van der Waals surface area contributed by atoms with Crippen LogP contribution in [0.2, 0.25) is 0 Å². The minimum Gasteiger partial charge on any atom is -0.497 e. The summed E-state index contributed by atoms with van der Waals surface area (Å²) in [5, 5.41) is 0. The third kappa shape index (κ3) is 3.74. The summed E-state index contributed by atoms with van der Waals surface area (Å²) in [6.45, 7) is 0. The highest BCUT2D eigenvalue weighted by Crippen LogP contribution is 2.36. The van der Waals surface area contributed by atoms with E-state index < -0.39 is 5.97 Å². The molecule has 0 radical (unpaired) electrons. The normalized spacial score (nSPS) is 14.6. The number of esters is 1. The summed E-state index contributed by atoms with van der Waals surface area (Å²) in [5.41, 5.74) is 1.77. The van der Waals surface area contributed by atoms with Gasteiger partial charge in [0.1, 0.15) is 28.8 Å². The highest BCUT2D eigenvalue weighted by Gasteiger charge is 2.25. The Kier molecular flexibility index (Phi) is 5.35. The molecule has 6 heteroatoms. The predicted molar refractivity (Wildman–Crippen MR) is 101 cm³/mol. The molecule has 1 aliphatic rings. The standard InChI is InChI=1S/C21H20O6/c1-23-15-7-8-18(25-3)17(11-15)20-10-14(21(22)27-20)9-13-5-6-16(24-2)12-19(13)26-4/h5-12H,1-4H3/b14-9+. The number of benzene rings is 2. The van der Waals surface area contributed by atoms with Crippen molar-refractivity contribution in [1.29, 1.82) is 0 Å². The molecule has 0 unspecified atom stereocenters. The van der Waals surface area contributed by atoms with Gasteiger partial charge in [-0.05, 0) is 42.5 Å². The van der Waals surface area contributed by atoms with E-state index in [0.717, 1.165) is 5.56 Å². The Labute approximate surface area is 157 Å². The van der Waals surface area contributed by atoms with Crippen molar-refractivity contribution in [3.05, 3.63) is 59.2 Å². The number of cyclic esters (lactones) is 1. The predicted octanol–water partition coefficient (Wildman–Crippen LogP) is 3.70. The Morgan fingerprint density at radius 1 is 0.815 bits per heavy atom. The average molecular weight is 368 g/mol. The van der Waals surface area contributed by atoms with Crippen molar-refractivity contribution in [2.45, 2.75) is 0 Å². The van der Waals surface area contributed by atoms with E-state index in [1.807, 2.05) is 6.07 Å². The van der Waals surface area contributed by atoms with Crippen molar-refractivity contribution in [3.63, 3.8) is 0 Å². The lowest BCUT2D eigenvalue weighted by molar-refractivity contribution is -0.130. The Morgan fingerprint density at radius 2 is 1.48 bits per heavy atom. The minimum atomic E-state index is -0.451. The second kappa shape index (κ2) is 7.86. The Hall–Kier alpha value is -3.41. The maximum absolute atomic E-state index is 12.4. The van der Waals surface area contributed by atoms with Gasteiger partial charge in [0.25, 0.3) is 0 Å². The molecule has 6 nitrogen and oxygen atoms in total. The molecule has 1 heterocycles. The van der Waals surface area contributed by atoms with E-state index in [4.69, 9.17) is 23.7 Å². The van der Waals surface area contributed by atoms with Crippen LogP contribution < -0.4 is 18.9 Å². The fourth-order valence-electron chi connectivity index (χ4n) is 2.73. The molecular weight excluding hydrogens is 348 g/mol. The van der Waals surface area contributed by atoms with Gasteiger partial charge >= 0.3 is 5.97 Å². The van der Waals surface area contributed by atoms with Crippen LogP contribution in [0.3, 0.4) is 0 Å². The van der Waals surface area contributed by atoms with E-state index in [1.165, 1.54) is 0 Å². The van der Waals surface area contributed by atoms with Crippen LogP contribution in [0.4, 0.5) is 0 Å². The first-order valence-electron chi connectivity index (χ1n) is 8.19. The van der Waals surface area contributed by atoms with Crippen molar-refractivity contribution in [2.75, 3.05) is 28.4 Å². The molecule has 27 heavy (non-hydrogen) atoms. The highest BCUT2D eigenvalue weighted by molar-refractivity contribution is 6.05. The maximum Gasteiger partial charge on any atom is 0.343 e. The van der Waals surface area contributed by atoms with E-state index in [1.54, 1.807) is 70.9 Å². The number of carbonyl (C=O) groups is 1. The number of carbonyl (C=O) groups excluding carboxylic acids is 1. The Morgan fingerprint density at radius 3 is 2.15 bits per heavy atom. The number of ether oxygens (including phenoxy) is 5. The van der Waals surface area contributed by atoms with Crippen molar-refractivity contribution >= 4 is 17.8 Å². The second-order valence-corrected chi connectivity index (χ2v) is 5.67. The number of methoxy groups -OCH3 is 4. The van der Waals surface area contributed by atoms with Crippen LogP contribution in [0.1, 0.15) is 11.1 Å². The molecule has 1 aliphatic heterocycles. The molecule has 0 N–H and O–H groups in total. The zero-order valence-electron chi connectivity index (χ0n) is 15.6. The zero-order chi connectivity index (χ0) is 19.4. The molecule has 0 atom stereocenters. The highest BCUT2D eigenvalue weighted by atomic mass is 16.5. The fourth-order valence-corrected chi connectivity index (χ4v) is 2.73. The monoisotopic (exact) mass is 368 g/mol. The second-order valence-electron chi connectivity index (χ2n) is 5.67. The third-order valence-electron chi connectivity index (χ3n) is 4.15. The molecule has 0 fully saturated rings. The van der Waals surface area contributed by atoms with Gasteiger partial charge in [-0.2, -0.15) is 0 Å². The Bertz CT molecular complexity index is 926. The summed E-state index contributed by atoms with van der Waals surface area (Å²) in [6, 6.07) is 10.7. The summed E-state index contributed by atoms with van der Waals surface area (Å²) in [5.74, 6) is 2.42. The van der Waals surface area contributed by atoms with Crippen LogP contribution in [0, 0.1) is 0 Å². The molecule has 0 saturated carbocycles. The molecule has 0 saturated heterocycles. The molecule has 0 aliphatic carbocycles. The van der Waals surface area contributed by atoms with Gasteiger partial charge in [-0.1, -0.05) is 0 Å². The fraction of sp³-hybridized carbons (Fsp3) is 0.190. The Balaban J connectivity index is 2.01. The first kappa shape index (κ1) is 18.4. The average Bonchev–Trinajstić information content (AvgIpc) is 3.07. The van der Waals surface area contributed by atoms with Gasteiger partial charge in [-0.25, -0.2) is 4.79 Å². The van der Waals surface area contributed by atoms with Crippen molar-refractivity contribution in [2.24, 2.45) is 0 Å². The lowest BCUT2D eigenvalue weighted by atomic mass is 10.1. The molecule has 3 rings (SSSR count). The van der Waals surface area contributed by atoms with Gasteiger partial charge in [-0.15, -0.1) is 0 Å². The van der Waals surface area contributed by atoms with E-state index in [2.05, 4.69) is 0 Å². The molecule has 0 aromatic heterocycles. The van der Waals surface area contributed by atoms with Gasteiger partial charge in [0.05, 0.1) is 39.6 Å². The summed E-state index contributed by atoms with van der Waals surface area (Å²) >= 11 is 0. The van der Waals surface area contributed by atoms with Gasteiger partial charge in [-0.3, -0.25) is 0 Å². The maximum atomic E-state index is 12.4. The van der Waals surface area contributed by atoms with Gasteiger partial charge in [0, 0.05) is 11.6 Å². The van der Waals surface area contributed by atoms with Crippen LogP contribution in [0.5, 0.6) is 23.0 Å². The SMILES string of the molecule is COc1ccc(/C=C2\C=C(c3cc(OC)ccc3OC)OC2=O)c(OC)c1. The van der Waals surface area contributed by atoms with Crippen molar-refractivity contribution in [1.82, 2.24) is 0 Å². The summed E-state index contributed by atoms with van der Waals surface area (Å²) in [7, 11) is 6.27. The summed E-state index contributed by atoms with van der Waals surface area (Å²) in [4.78, 5) is 12.4. The first-order chi connectivity index (χ1) is 13.1. The minimum absolute atomic E-state index is 0.398. The summed E-state index contributed by atoms with van der Waals surface area (Å²) < 4.78 is 26.6. The van der Waals surface area contributed by atoms with Crippen LogP contribution >= 0.6 is 0 Å². The van der Waals surface area contributed by atoms with Crippen LogP contribution in [-0.2, 0) is 9.53 Å². The third-order valence-corrected chi connectivity index (χ3v) is 4.15. The number of hydrogen-bond donors (Lipinski definition) is 0. The van der Waals surface area contributed by atoms with Gasteiger partial charge in [0.15, 0.2) is 0 Å². The molecule has 0 amide bonds. The first-order valence-corrected chi connectivity index (χ1v) is 8.19. The largest absolute Gasteiger partial charge is 0.497 e. The smallest absolute Gasteiger partial charge is 0.343 e. The van der Waals surface area contributed by atoms with Gasteiger partial charge < -0.3 is 23.7 Å². The molecule has 0 bridgehead atoms. The van der Waals surface area contributed by atoms with E-state index >= 15 is 0 Å². The number of hydrogen-bond acceptors (Lipinski definition) is 6. The molecule has 2 aromatic rings. The number of rotatable bonds is 6. The lowest BCUT2D eigenvalue weighted by Gasteiger charge is -2.10. The van der Waals surface area contributed by atoms with Crippen LogP contribution in [0.15, 0.2) is 48.0 Å². The van der Waals surface area contributed by atoms with Crippen molar-refractivity contribution < 1.29 is 28.5 Å². The molecular formula is C21H20O6. The zero-order valence-corrected chi connectivity index (χ0v) is 15.6. The molecule has 0 spiro atoms. The summed E-state index contributed by atoms with van der Waals surface area (Å²) in [6.07, 6.45) is 3.38. The lowest BCUT2D eigenvalue weighted by Crippen LogP contribution is -1.99. The molecule has 2 aromatic carbocycles. The quantitative estimate of drug-likeness (QED) is 0.572. The van der Waals surface area contributed by atoms with E-state index in [9.17, 15) is 4.79 Å². The van der Waals surface area contributed by atoms with Crippen molar-refractivity contribution in [3.8, 4) is 23.0 Å². The van der Waals surface area contributed by atoms with Crippen LogP contribution in [0.25, 0.3) is 11.8 Å². The van der Waals surface area contributed by atoms with E-state index in [-0.39, 0.29) is 0 Å². The van der Waals surface area contributed by atoms with E-state index in [0.29, 0.717) is 39.9 Å². The topological polar surface area (TPSA) is 63.2 Å². The molecule has 140 valence electrons.